The van der Waals surface area contributed by atoms with Gasteiger partial charge in [-0.2, -0.15) is 0 Å². The second kappa shape index (κ2) is 6.42. The lowest BCUT2D eigenvalue weighted by atomic mass is 9.84. The second-order valence-electron chi connectivity index (χ2n) is 5.76. The lowest BCUT2D eigenvalue weighted by Gasteiger charge is -2.34. The number of hydrogen-bond donors (Lipinski definition) is 2. The Morgan fingerprint density at radius 2 is 1.81 bits per heavy atom. The molecule has 0 unspecified atom stereocenters. The van der Waals surface area contributed by atoms with Crippen molar-refractivity contribution in [2.24, 2.45) is 0 Å². The standard InChI is InChI=1S/C14H19Cl2NO3S/c1-14(5-3-2-4-6-14)17-21(19,20)13-7-10(9-18)11(15)8-12(13)16/h7-8,17-18H,2-6,9H2,1H3. The van der Waals surface area contributed by atoms with Crippen LogP contribution in [0.25, 0.3) is 0 Å². The molecule has 0 aromatic heterocycles. The van der Waals surface area contributed by atoms with Crippen molar-refractivity contribution >= 4 is 33.2 Å². The van der Waals surface area contributed by atoms with E-state index in [9.17, 15) is 13.5 Å². The van der Waals surface area contributed by atoms with Gasteiger partial charge in [-0.25, -0.2) is 13.1 Å². The first-order valence-electron chi connectivity index (χ1n) is 6.90. The van der Waals surface area contributed by atoms with E-state index in [0.717, 1.165) is 32.1 Å². The average Bonchev–Trinajstić information content (AvgIpc) is 2.38. The Balaban J connectivity index is 2.35. The van der Waals surface area contributed by atoms with E-state index in [-0.39, 0.29) is 21.5 Å². The molecule has 1 aliphatic carbocycles. The van der Waals surface area contributed by atoms with E-state index in [2.05, 4.69) is 4.72 Å². The molecule has 0 atom stereocenters. The Morgan fingerprint density at radius 1 is 1.19 bits per heavy atom. The van der Waals surface area contributed by atoms with Crippen LogP contribution in [-0.4, -0.2) is 19.1 Å². The van der Waals surface area contributed by atoms with Crippen LogP contribution < -0.4 is 4.72 Å². The third-order valence-corrected chi connectivity index (χ3v) is 6.35. The SMILES string of the molecule is CC1(NS(=O)(=O)c2cc(CO)c(Cl)cc2Cl)CCCCC1. The summed E-state index contributed by atoms with van der Waals surface area (Å²) in [5.74, 6) is 0. The molecule has 7 heteroatoms. The van der Waals surface area contributed by atoms with E-state index in [1.165, 1.54) is 12.1 Å². The number of aliphatic hydroxyl groups is 1. The van der Waals surface area contributed by atoms with E-state index in [1.807, 2.05) is 6.92 Å². The van der Waals surface area contributed by atoms with Crippen LogP contribution in [0.5, 0.6) is 0 Å². The van der Waals surface area contributed by atoms with Gasteiger partial charge < -0.3 is 5.11 Å². The summed E-state index contributed by atoms with van der Waals surface area (Å²) in [7, 11) is -3.75. The highest BCUT2D eigenvalue weighted by Gasteiger charge is 2.33. The van der Waals surface area contributed by atoms with E-state index >= 15 is 0 Å². The fourth-order valence-corrected chi connectivity index (χ4v) is 5.04. The average molecular weight is 352 g/mol. The zero-order valence-corrected chi connectivity index (χ0v) is 14.2. The number of nitrogens with one attached hydrogen (secondary N) is 1. The van der Waals surface area contributed by atoms with Crippen molar-refractivity contribution < 1.29 is 13.5 Å². The van der Waals surface area contributed by atoms with Crippen LogP contribution in [0.3, 0.4) is 0 Å². The third-order valence-electron chi connectivity index (χ3n) is 3.90. The second-order valence-corrected chi connectivity index (χ2v) is 8.22. The Bertz CT molecular complexity index is 625. The topological polar surface area (TPSA) is 66.4 Å². The van der Waals surface area contributed by atoms with Gasteiger partial charge in [-0.1, -0.05) is 42.5 Å². The maximum atomic E-state index is 12.6. The lowest BCUT2D eigenvalue weighted by Crippen LogP contribution is -2.47. The summed E-state index contributed by atoms with van der Waals surface area (Å²) in [6.07, 6.45) is 4.77. The van der Waals surface area contributed by atoms with Crippen LogP contribution >= 0.6 is 23.2 Å². The summed E-state index contributed by atoms with van der Waals surface area (Å²) in [6.45, 7) is 1.58. The quantitative estimate of drug-likeness (QED) is 0.872. The van der Waals surface area contributed by atoms with Gasteiger partial charge in [0, 0.05) is 10.6 Å². The summed E-state index contributed by atoms with van der Waals surface area (Å²) in [4.78, 5) is -0.0376. The van der Waals surface area contributed by atoms with Crippen LogP contribution in [0.2, 0.25) is 10.0 Å². The first kappa shape index (κ1) is 17.0. The van der Waals surface area contributed by atoms with Crippen molar-refractivity contribution in [2.75, 3.05) is 0 Å². The fraction of sp³-hybridized carbons (Fsp3) is 0.571. The fourth-order valence-electron chi connectivity index (χ4n) is 2.71. The molecule has 21 heavy (non-hydrogen) atoms. The Hall–Kier alpha value is -0.330. The number of halogens is 2. The first-order valence-corrected chi connectivity index (χ1v) is 9.14. The van der Waals surface area contributed by atoms with Crippen LogP contribution in [-0.2, 0) is 16.6 Å². The molecular formula is C14H19Cl2NO3S. The molecule has 0 spiro atoms. The Morgan fingerprint density at radius 3 is 2.38 bits per heavy atom. The molecule has 2 N–H and O–H groups in total. The van der Waals surface area contributed by atoms with Gasteiger partial charge in [0.05, 0.1) is 11.6 Å². The van der Waals surface area contributed by atoms with Crippen LogP contribution in [0, 0.1) is 0 Å². The molecule has 2 rings (SSSR count). The molecule has 1 fully saturated rings. The zero-order valence-electron chi connectivity index (χ0n) is 11.8. The number of sulfonamides is 1. The van der Waals surface area contributed by atoms with Crippen molar-refractivity contribution in [3.63, 3.8) is 0 Å². The molecule has 4 nitrogen and oxygen atoms in total. The minimum Gasteiger partial charge on any atom is -0.392 e. The monoisotopic (exact) mass is 351 g/mol. The van der Waals surface area contributed by atoms with Crippen LogP contribution in [0.4, 0.5) is 0 Å². The van der Waals surface area contributed by atoms with Gasteiger partial charge in [-0.3, -0.25) is 0 Å². The molecule has 1 aliphatic rings. The van der Waals surface area contributed by atoms with E-state index in [1.54, 1.807) is 0 Å². The highest BCUT2D eigenvalue weighted by molar-refractivity contribution is 7.89. The van der Waals surface area contributed by atoms with E-state index < -0.39 is 15.6 Å². The van der Waals surface area contributed by atoms with Crippen molar-refractivity contribution in [3.8, 4) is 0 Å². The molecule has 0 saturated heterocycles. The van der Waals surface area contributed by atoms with Crippen LogP contribution in [0.15, 0.2) is 17.0 Å². The molecule has 0 heterocycles. The van der Waals surface area contributed by atoms with Crippen molar-refractivity contribution in [3.05, 3.63) is 27.7 Å². The smallest absolute Gasteiger partial charge is 0.242 e. The van der Waals surface area contributed by atoms with Gasteiger partial charge in [-0.05, 0) is 37.5 Å². The molecular weight excluding hydrogens is 333 g/mol. The third kappa shape index (κ3) is 3.90. The van der Waals surface area contributed by atoms with Crippen molar-refractivity contribution in [1.82, 2.24) is 4.72 Å². The van der Waals surface area contributed by atoms with E-state index in [0.29, 0.717) is 5.56 Å². The number of rotatable bonds is 4. The predicted molar refractivity (Wildman–Crippen MR) is 84.2 cm³/mol. The molecule has 1 aromatic rings. The minimum atomic E-state index is -3.75. The molecule has 0 bridgehead atoms. The molecule has 0 amide bonds. The van der Waals surface area contributed by atoms with Crippen molar-refractivity contribution in [1.29, 1.82) is 0 Å². The largest absolute Gasteiger partial charge is 0.392 e. The molecule has 118 valence electrons. The maximum Gasteiger partial charge on any atom is 0.242 e. The zero-order chi connectivity index (χ0) is 15.7. The van der Waals surface area contributed by atoms with E-state index in [4.69, 9.17) is 23.2 Å². The summed E-state index contributed by atoms with van der Waals surface area (Å²) < 4.78 is 27.9. The molecule has 1 saturated carbocycles. The minimum absolute atomic E-state index is 0.0376. The number of hydrogen-bond acceptors (Lipinski definition) is 3. The Labute approximate surface area is 135 Å². The van der Waals surface area contributed by atoms with Crippen LogP contribution in [0.1, 0.15) is 44.6 Å². The maximum absolute atomic E-state index is 12.6. The summed E-state index contributed by atoms with van der Waals surface area (Å²) >= 11 is 11.9. The van der Waals surface area contributed by atoms with Gasteiger partial charge in [0.25, 0.3) is 0 Å². The number of benzene rings is 1. The molecule has 0 aliphatic heterocycles. The first-order chi connectivity index (χ1) is 9.77. The predicted octanol–water partition coefficient (Wildman–Crippen LogP) is 3.49. The highest BCUT2D eigenvalue weighted by Crippen LogP contribution is 2.32. The summed E-state index contributed by atoms with van der Waals surface area (Å²) in [5, 5.41) is 9.54. The van der Waals surface area contributed by atoms with Gasteiger partial charge in [0.15, 0.2) is 0 Å². The molecule has 1 aromatic carbocycles. The summed E-state index contributed by atoms with van der Waals surface area (Å²) in [5.41, 5.74) is -0.102. The number of aliphatic hydroxyl groups excluding tert-OH is 1. The lowest BCUT2D eigenvalue weighted by molar-refractivity contribution is 0.281. The van der Waals surface area contributed by atoms with Crippen molar-refractivity contribution in [2.45, 2.75) is 56.1 Å². The highest BCUT2D eigenvalue weighted by atomic mass is 35.5. The summed E-state index contributed by atoms with van der Waals surface area (Å²) in [6, 6.07) is 2.69. The van der Waals surface area contributed by atoms with Gasteiger partial charge in [0.1, 0.15) is 4.90 Å². The molecule has 0 radical (unpaired) electrons. The van der Waals surface area contributed by atoms with Gasteiger partial charge >= 0.3 is 0 Å². The van der Waals surface area contributed by atoms with Gasteiger partial charge in [-0.15, -0.1) is 0 Å². The Kier molecular flexibility index (Phi) is 5.21. The normalized spacial score (nSPS) is 18.7. The van der Waals surface area contributed by atoms with Gasteiger partial charge in [0.2, 0.25) is 10.0 Å².